The highest BCUT2D eigenvalue weighted by molar-refractivity contribution is 5.41. The lowest BCUT2D eigenvalue weighted by Gasteiger charge is -1.92. The van der Waals surface area contributed by atoms with Crippen LogP contribution in [0.1, 0.15) is 6.42 Å². The Morgan fingerprint density at radius 2 is 2.60 bits per heavy atom. The summed E-state index contributed by atoms with van der Waals surface area (Å²) in [5.74, 6) is 0. The van der Waals surface area contributed by atoms with Crippen molar-refractivity contribution in [2.75, 3.05) is 0 Å². The number of nitrogens with one attached hydrogen (secondary N) is 2. The number of hydrogen-bond acceptors (Lipinski definition) is 2. The maximum Gasteiger partial charge on any atom is 0.321 e. The number of hydrogen-bond donors (Lipinski definition) is 2. The van der Waals surface area contributed by atoms with Gasteiger partial charge in [0.25, 0.3) is 0 Å². The van der Waals surface area contributed by atoms with E-state index < -0.39 is 0 Å². The summed E-state index contributed by atoms with van der Waals surface area (Å²) in [5, 5.41) is 18.0. The van der Waals surface area contributed by atoms with Crippen molar-refractivity contribution in [2.24, 2.45) is 0 Å². The second-order valence-electron chi connectivity index (χ2n) is 1.84. The van der Waals surface area contributed by atoms with E-state index in [1.165, 1.54) is 0 Å². The third-order valence-electron chi connectivity index (χ3n) is 1.24. The second kappa shape index (κ2) is 2.70. The first-order valence-electron chi connectivity index (χ1n) is 2.86. The van der Waals surface area contributed by atoms with Gasteiger partial charge in [0.15, 0.2) is 5.57 Å². The number of rotatable bonds is 0. The first-order chi connectivity index (χ1) is 4.88. The van der Waals surface area contributed by atoms with Gasteiger partial charge in [-0.2, -0.15) is 5.26 Å². The molecule has 1 aliphatic rings. The minimum atomic E-state index is 0.282. The third kappa shape index (κ3) is 0.985. The molecule has 48 valence electrons. The molecular formula is C7H6N3+. The van der Waals surface area contributed by atoms with E-state index in [1.807, 2.05) is 12.1 Å². The minimum Gasteiger partial charge on any atom is -0.363 e. The molecule has 1 rings (SSSR count). The molecule has 1 heterocycles. The van der Waals surface area contributed by atoms with Gasteiger partial charge < -0.3 is 5.32 Å². The molecule has 3 heteroatoms. The quantitative estimate of drug-likeness (QED) is 0.417. The number of nitrogens with zero attached hydrogens (tertiary/aromatic N) is 1. The summed E-state index contributed by atoms with van der Waals surface area (Å²) < 4.78 is 0. The van der Waals surface area contributed by atoms with Gasteiger partial charge in [0, 0.05) is 6.42 Å². The molecule has 1 aliphatic heterocycles. The predicted molar refractivity (Wildman–Crippen MR) is 34.4 cm³/mol. The topological polar surface area (TPSA) is 59.6 Å². The van der Waals surface area contributed by atoms with Gasteiger partial charge >= 0.3 is 6.07 Å². The lowest BCUT2D eigenvalue weighted by Crippen LogP contribution is -2.18. The van der Waals surface area contributed by atoms with Crippen LogP contribution in [0.3, 0.4) is 0 Å². The molecule has 2 N–H and O–H groups in total. The summed E-state index contributed by atoms with van der Waals surface area (Å²) >= 11 is 0. The highest BCUT2D eigenvalue weighted by Gasteiger charge is 2.08. The Balaban J connectivity index is 2.88. The van der Waals surface area contributed by atoms with Crippen molar-refractivity contribution in [3.63, 3.8) is 0 Å². The number of allylic oxidation sites excluding steroid dienone is 2. The maximum absolute atomic E-state index is 8.43. The van der Waals surface area contributed by atoms with E-state index in [0.29, 0.717) is 6.42 Å². The first-order valence-corrected chi connectivity index (χ1v) is 2.86. The zero-order valence-corrected chi connectivity index (χ0v) is 5.31. The molecule has 0 aromatic rings. The third-order valence-corrected chi connectivity index (χ3v) is 1.24. The van der Waals surface area contributed by atoms with E-state index in [4.69, 9.17) is 10.5 Å². The lowest BCUT2D eigenvalue weighted by atomic mass is 10.2. The Kier molecular flexibility index (Phi) is 1.72. The molecular weight excluding hydrogens is 126 g/mol. The summed E-state index contributed by atoms with van der Waals surface area (Å²) in [6.07, 6.45) is 4.35. The summed E-state index contributed by atoms with van der Waals surface area (Å²) in [6, 6.07) is 3.93. The molecule has 0 fully saturated rings. The maximum atomic E-state index is 8.43. The van der Waals surface area contributed by atoms with E-state index in [0.717, 1.165) is 5.70 Å². The Morgan fingerprint density at radius 3 is 3.00 bits per heavy atom. The molecule has 3 nitrogen and oxygen atoms in total. The molecule has 0 amide bonds. The van der Waals surface area contributed by atoms with Gasteiger partial charge in [-0.25, -0.2) is 0 Å². The zero-order valence-electron chi connectivity index (χ0n) is 5.31. The molecule has 0 saturated heterocycles. The molecule has 0 radical (unpaired) electrons. The standard InChI is InChI=1S/C7H5N3/c8-4-6(5-9)7-2-1-3-10-7/h1,3,10H,2H2/p+1. The van der Waals surface area contributed by atoms with Crippen molar-refractivity contribution >= 4 is 0 Å². The fourth-order valence-electron chi connectivity index (χ4n) is 0.740. The Morgan fingerprint density at radius 1 is 1.80 bits per heavy atom. The average Bonchev–Trinajstić information content (AvgIpc) is 2.43. The largest absolute Gasteiger partial charge is 0.363 e. The van der Waals surface area contributed by atoms with Gasteiger partial charge in [0.05, 0.1) is 5.70 Å². The normalized spacial score (nSPS) is 19.0. The van der Waals surface area contributed by atoms with Crippen molar-refractivity contribution in [3.05, 3.63) is 23.5 Å². The molecule has 0 aromatic heterocycles. The van der Waals surface area contributed by atoms with Crippen molar-refractivity contribution in [1.82, 2.24) is 5.32 Å². The van der Waals surface area contributed by atoms with Crippen molar-refractivity contribution in [3.8, 4) is 12.1 Å². The predicted octanol–water partition coefficient (Wildman–Crippen LogP) is -0.956. The molecule has 0 aliphatic carbocycles. The van der Waals surface area contributed by atoms with Crippen LogP contribution in [0.5, 0.6) is 0 Å². The van der Waals surface area contributed by atoms with Crippen LogP contribution < -0.4 is 10.6 Å². The van der Waals surface area contributed by atoms with Crippen LogP contribution >= 0.6 is 0 Å². The van der Waals surface area contributed by atoms with Crippen LogP contribution in [0.4, 0.5) is 0 Å². The molecule has 0 spiro atoms. The lowest BCUT2D eigenvalue weighted by molar-refractivity contribution is -0.0909. The molecule has 10 heavy (non-hydrogen) atoms. The van der Waals surface area contributed by atoms with Gasteiger partial charge in [-0.15, -0.1) is 0 Å². The summed E-state index contributed by atoms with van der Waals surface area (Å²) in [5.41, 5.74) is 1.04. The van der Waals surface area contributed by atoms with Crippen molar-refractivity contribution in [2.45, 2.75) is 6.42 Å². The first kappa shape index (κ1) is 6.38. The Bertz CT molecular complexity index is 246. The summed E-state index contributed by atoms with van der Waals surface area (Å²) in [4.78, 5) is 0. The fourth-order valence-corrected chi connectivity index (χ4v) is 0.740. The minimum absolute atomic E-state index is 0.282. The van der Waals surface area contributed by atoms with Crippen LogP contribution in [-0.4, -0.2) is 0 Å². The van der Waals surface area contributed by atoms with Crippen molar-refractivity contribution < 1.29 is 5.26 Å². The smallest absolute Gasteiger partial charge is 0.321 e. The molecule has 0 bridgehead atoms. The Labute approximate surface area is 58.9 Å². The van der Waals surface area contributed by atoms with Crippen LogP contribution in [-0.2, 0) is 0 Å². The Hall–Kier alpha value is -1.74. The van der Waals surface area contributed by atoms with Crippen molar-refractivity contribution in [1.29, 1.82) is 5.26 Å². The van der Waals surface area contributed by atoms with Gasteiger partial charge in [-0.3, -0.25) is 0 Å². The van der Waals surface area contributed by atoms with Gasteiger partial charge in [-0.05, 0) is 6.20 Å². The van der Waals surface area contributed by atoms with E-state index in [9.17, 15) is 0 Å². The molecule has 0 saturated carbocycles. The SMILES string of the molecule is N#CC(C#[NH+])=C1CC=CN1. The molecule has 0 unspecified atom stereocenters. The summed E-state index contributed by atoms with van der Waals surface area (Å²) in [6.45, 7) is 0. The average molecular weight is 132 g/mol. The van der Waals surface area contributed by atoms with Gasteiger partial charge in [-0.1, -0.05) is 11.3 Å². The number of nitriles is 1. The molecule has 0 atom stereocenters. The van der Waals surface area contributed by atoms with Crippen LogP contribution in [0.15, 0.2) is 23.5 Å². The van der Waals surface area contributed by atoms with E-state index in [-0.39, 0.29) is 5.57 Å². The van der Waals surface area contributed by atoms with Crippen LogP contribution in [0, 0.1) is 17.4 Å². The molecule has 0 aromatic carbocycles. The monoisotopic (exact) mass is 132 g/mol. The second-order valence-corrected chi connectivity index (χ2v) is 1.84. The van der Waals surface area contributed by atoms with Gasteiger partial charge in [0.1, 0.15) is 6.07 Å². The van der Waals surface area contributed by atoms with Gasteiger partial charge in [0.2, 0.25) is 0 Å². The van der Waals surface area contributed by atoms with E-state index in [1.54, 1.807) is 6.20 Å². The van der Waals surface area contributed by atoms with Crippen LogP contribution in [0.25, 0.3) is 0 Å². The highest BCUT2D eigenvalue weighted by atomic mass is 14.9. The highest BCUT2D eigenvalue weighted by Crippen LogP contribution is 2.09. The summed E-state index contributed by atoms with van der Waals surface area (Å²) in [7, 11) is 0. The zero-order chi connectivity index (χ0) is 7.40. The van der Waals surface area contributed by atoms with E-state index >= 15 is 0 Å². The van der Waals surface area contributed by atoms with E-state index in [2.05, 4.69) is 11.4 Å². The van der Waals surface area contributed by atoms with Crippen LogP contribution in [0.2, 0.25) is 0 Å². The fraction of sp³-hybridized carbons (Fsp3) is 0.143.